The lowest BCUT2D eigenvalue weighted by Crippen LogP contribution is -2.44. The molecule has 0 spiro atoms. The molecule has 0 saturated heterocycles. The molecule has 0 aliphatic rings. The SMILES string of the molecule is COc1ccc(NC(=O)NC(CC(=O)O)C(=O)O)cc1Br. The third-order valence-corrected chi connectivity index (χ3v) is 3.01. The zero-order valence-electron chi connectivity index (χ0n) is 10.9. The minimum Gasteiger partial charge on any atom is -0.496 e. The minimum absolute atomic E-state index is 0.389. The highest BCUT2D eigenvalue weighted by atomic mass is 79.9. The zero-order valence-corrected chi connectivity index (χ0v) is 12.5. The average molecular weight is 361 g/mol. The van der Waals surface area contributed by atoms with Crippen LogP contribution in [0.25, 0.3) is 0 Å². The molecule has 4 N–H and O–H groups in total. The first-order valence-corrected chi connectivity index (χ1v) is 6.48. The van der Waals surface area contributed by atoms with Crippen molar-refractivity contribution in [3.63, 3.8) is 0 Å². The van der Waals surface area contributed by atoms with Gasteiger partial charge in [-0.25, -0.2) is 9.59 Å². The number of methoxy groups -OCH3 is 1. The summed E-state index contributed by atoms with van der Waals surface area (Å²) in [6, 6.07) is 2.39. The Hall–Kier alpha value is -2.29. The van der Waals surface area contributed by atoms with Gasteiger partial charge in [-0.1, -0.05) is 0 Å². The molecule has 114 valence electrons. The van der Waals surface area contributed by atoms with Gasteiger partial charge in [0.2, 0.25) is 0 Å². The number of carboxylic acids is 2. The van der Waals surface area contributed by atoms with Crippen molar-refractivity contribution in [3.05, 3.63) is 22.7 Å². The second-order valence-electron chi connectivity index (χ2n) is 3.94. The van der Waals surface area contributed by atoms with Crippen LogP contribution in [0.3, 0.4) is 0 Å². The maximum absolute atomic E-state index is 11.6. The number of hydrogen-bond donors (Lipinski definition) is 4. The highest BCUT2D eigenvalue weighted by molar-refractivity contribution is 9.10. The third-order valence-electron chi connectivity index (χ3n) is 2.39. The van der Waals surface area contributed by atoms with Gasteiger partial charge in [0.1, 0.15) is 11.8 Å². The fraction of sp³-hybridized carbons (Fsp3) is 0.250. The average Bonchev–Trinajstić information content (AvgIpc) is 2.37. The Morgan fingerprint density at radius 3 is 2.48 bits per heavy atom. The molecule has 21 heavy (non-hydrogen) atoms. The van der Waals surface area contributed by atoms with E-state index in [1.807, 2.05) is 0 Å². The van der Waals surface area contributed by atoms with Crippen LogP contribution < -0.4 is 15.4 Å². The minimum atomic E-state index is -1.51. The number of anilines is 1. The van der Waals surface area contributed by atoms with Crippen LogP contribution in [0.5, 0.6) is 5.75 Å². The van der Waals surface area contributed by atoms with Crippen LogP contribution in [0.4, 0.5) is 10.5 Å². The Bertz CT molecular complexity index is 563. The fourth-order valence-corrected chi connectivity index (χ4v) is 1.98. The number of aliphatic carboxylic acids is 2. The van der Waals surface area contributed by atoms with Crippen molar-refractivity contribution in [2.45, 2.75) is 12.5 Å². The first kappa shape index (κ1) is 16.8. The molecule has 1 atom stereocenters. The van der Waals surface area contributed by atoms with E-state index in [4.69, 9.17) is 14.9 Å². The number of carboxylic acid groups (broad SMARTS) is 2. The second kappa shape index (κ2) is 7.48. The van der Waals surface area contributed by atoms with Crippen molar-refractivity contribution in [3.8, 4) is 5.75 Å². The molecule has 0 aliphatic heterocycles. The number of halogens is 1. The number of carbonyl (C=O) groups is 3. The Labute approximate surface area is 128 Å². The van der Waals surface area contributed by atoms with E-state index in [0.29, 0.717) is 15.9 Å². The summed E-state index contributed by atoms with van der Waals surface area (Å²) in [7, 11) is 1.49. The van der Waals surface area contributed by atoms with Crippen molar-refractivity contribution in [2.24, 2.45) is 0 Å². The van der Waals surface area contributed by atoms with Crippen molar-refractivity contribution >= 4 is 39.6 Å². The lowest BCUT2D eigenvalue weighted by atomic mass is 10.2. The molecule has 8 nitrogen and oxygen atoms in total. The molecule has 1 unspecified atom stereocenters. The molecule has 0 saturated carbocycles. The Kier molecular flexibility index (Phi) is 5.97. The van der Waals surface area contributed by atoms with E-state index >= 15 is 0 Å². The molecule has 9 heteroatoms. The topological polar surface area (TPSA) is 125 Å². The summed E-state index contributed by atoms with van der Waals surface area (Å²) >= 11 is 3.24. The predicted molar refractivity (Wildman–Crippen MR) is 76.5 cm³/mol. The lowest BCUT2D eigenvalue weighted by molar-refractivity contribution is -0.145. The molecular formula is C12H13BrN2O6. The molecule has 0 fully saturated rings. The Balaban J connectivity index is 2.69. The van der Waals surface area contributed by atoms with Crippen LogP contribution in [0.15, 0.2) is 22.7 Å². The molecule has 0 aliphatic carbocycles. The maximum Gasteiger partial charge on any atom is 0.326 e. The number of carbonyl (C=O) groups excluding carboxylic acids is 1. The van der Waals surface area contributed by atoms with E-state index in [1.165, 1.54) is 7.11 Å². The molecule has 0 radical (unpaired) electrons. The largest absolute Gasteiger partial charge is 0.496 e. The van der Waals surface area contributed by atoms with Crippen molar-refractivity contribution in [2.75, 3.05) is 12.4 Å². The first-order valence-electron chi connectivity index (χ1n) is 5.69. The number of hydrogen-bond acceptors (Lipinski definition) is 4. The van der Waals surface area contributed by atoms with Crippen LogP contribution >= 0.6 is 15.9 Å². The van der Waals surface area contributed by atoms with Gasteiger partial charge >= 0.3 is 18.0 Å². The molecular weight excluding hydrogens is 348 g/mol. The normalized spacial score (nSPS) is 11.3. The van der Waals surface area contributed by atoms with Gasteiger partial charge in [0.25, 0.3) is 0 Å². The standard InChI is InChI=1S/C12H13BrN2O6/c1-21-9-3-2-6(4-7(9)13)14-12(20)15-8(11(18)19)5-10(16)17/h2-4,8H,5H2,1H3,(H,16,17)(H,18,19)(H2,14,15,20). The summed E-state index contributed by atoms with van der Waals surface area (Å²) in [4.78, 5) is 33.0. The number of amides is 2. The van der Waals surface area contributed by atoms with E-state index in [0.717, 1.165) is 0 Å². The van der Waals surface area contributed by atoms with Gasteiger partial charge in [-0.2, -0.15) is 0 Å². The molecule has 0 aromatic heterocycles. The summed E-state index contributed by atoms with van der Waals surface area (Å²) < 4.78 is 5.63. The molecule has 0 heterocycles. The monoisotopic (exact) mass is 360 g/mol. The van der Waals surface area contributed by atoms with Gasteiger partial charge in [0.05, 0.1) is 18.0 Å². The maximum atomic E-state index is 11.6. The van der Waals surface area contributed by atoms with Crippen LogP contribution in [-0.4, -0.2) is 41.3 Å². The van der Waals surface area contributed by atoms with Crippen LogP contribution in [-0.2, 0) is 9.59 Å². The highest BCUT2D eigenvalue weighted by Crippen LogP contribution is 2.27. The van der Waals surface area contributed by atoms with Gasteiger partial charge in [-0.15, -0.1) is 0 Å². The van der Waals surface area contributed by atoms with Gasteiger partial charge in [0, 0.05) is 5.69 Å². The number of urea groups is 1. The van der Waals surface area contributed by atoms with E-state index in [9.17, 15) is 14.4 Å². The van der Waals surface area contributed by atoms with Crippen molar-refractivity contribution in [1.29, 1.82) is 0 Å². The summed E-state index contributed by atoms with van der Waals surface area (Å²) in [6.45, 7) is 0. The molecule has 0 bridgehead atoms. The predicted octanol–water partition coefficient (Wildman–Crippen LogP) is 1.51. The van der Waals surface area contributed by atoms with E-state index in [1.54, 1.807) is 18.2 Å². The van der Waals surface area contributed by atoms with Crippen LogP contribution in [0.1, 0.15) is 6.42 Å². The van der Waals surface area contributed by atoms with Gasteiger partial charge in [0.15, 0.2) is 0 Å². The Morgan fingerprint density at radius 1 is 1.33 bits per heavy atom. The van der Waals surface area contributed by atoms with E-state index < -0.39 is 30.4 Å². The first-order chi connectivity index (χ1) is 9.83. The van der Waals surface area contributed by atoms with Crippen LogP contribution in [0.2, 0.25) is 0 Å². The van der Waals surface area contributed by atoms with Crippen LogP contribution in [0, 0.1) is 0 Å². The fourth-order valence-electron chi connectivity index (χ4n) is 1.44. The van der Waals surface area contributed by atoms with Crippen molar-refractivity contribution in [1.82, 2.24) is 5.32 Å². The summed E-state index contributed by atoms with van der Waals surface area (Å²) in [5.74, 6) is -2.19. The number of benzene rings is 1. The molecule has 1 aromatic rings. The molecule has 2 amide bonds. The summed E-state index contributed by atoms with van der Waals surface area (Å²) in [5, 5.41) is 21.9. The summed E-state index contributed by atoms with van der Waals surface area (Å²) in [5.41, 5.74) is 0.389. The Morgan fingerprint density at radius 2 is 2.00 bits per heavy atom. The highest BCUT2D eigenvalue weighted by Gasteiger charge is 2.23. The number of ether oxygens (including phenoxy) is 1. The third kappa shape index (κ3) is 5.30. The molecule has 1 aromatic carbocycles. The lowest BCUT2D eigenvalue weighted by Gasteiger charge is -2.13. The second-order valence-corrected chi connectivity index (χ2v) is 4.79. The van der Waals surface area contributed by atoms with Crippen molar-refractivity contribution < 1.29 is 29.3 Å². The molecule has 1 rings (SSSR count). The summed E-state index contributed by atoms with van der Waals surface area (Å²) in [6.07, 6.45) is -0.713. The quantitative estimate of drug-likeness (QED) is 0.609. The van der Waals surface area contributed by atoms with Gasteiger partial charge < -0.3 is 25.6 Å². The number of nitrogens with one attached hydrogen (secondary N) is 2. The van der Waals surface area contributed by atoms with E-state index in [2.05, 4.69) is 26.6 Å². The van der Waals surface area contributed by atoms with Gasteiger partial charge in [-0.3, -0.25) is 4.79 Å². The van der Waals surface area contributed by atoms with E-state index in [-0.39, 0.29) is 0 Å². The zero-order chi connectivity index (χ0) is 16.0. The van der Waals surface area contributed by atoms with Gasteiger partial charge in [-0.05, 0) is 34.1 Å². The smallest absolute Gasteiger partial charge is 0.326 e. The number of rotatable bonds is 6.